The van der Waals surface area contributed by atoms with E-state index in [1.165, 1.54) is 12.1 Å². The van der Waals surface area contributed by atoms with Crippen LogP contribution in [0.1, 0.15) is 17.2 Å². The van der Waals surface area contributed by atoms with Crippen LogP contribution in [0.4, 0.5) is 13.2 Å². The molecule has 7 heteroatoms. The SMILES string of the molecule is O=C(CCl)NC(CO)c1cccc(C(F)(F)F)c1. The molecule has 0 saturated heterocycles. The quantitative estimate of drug-likeness (QED) is 0.831. The highest BCUT2D eigenvalue weighted by atomic mass is 35.5. The number of alkyl halides is 4. The van der Waals surface area contributed by atoms with Crippen molar-refractivity contribution in [3.8, 4) is 0 Å². The van der Waals surface area contributed by atoms with E-state index in [1.54, 1.807) is 0 Å². The summed E-state index contributed by atoms with van der Waals surface area (Å²) in [6, 6.07) is 3.51. The summed E-state index contributed by atoms with van der Waals surface area (Å²) in [7, 11) is 0. The summed E-state index contributed by atoms with van der Waals surface area (Å²) in [5.41, 5.74) is -0.663. The molecule has 0 aliphatic rings. The molecule has 0 aliphatic heterocycles. The lowest BCUT2D eigenvalue weighted by molar-refractivity contribution is -0.137. The molecule has 1 atom stereocenters. The second-order valence-corrected chi connectivity index (χ2v) is 3.83. The average molecular weight is 282 g/mol. The minimum Gasteiger partial charge on any atom is -0.394 e. The van der Waals surface area contributed by atoms with Crippen LogP contribution in [0.15, 0.2) is 24.3 Å². The summed E-state index contributed by atoms with van der Waals surface area (Å²) < 4.78 is 37.5. The van der Waals surface area contributed by atoms with Gasteiger partial charge < -0.3 is 10.4 Å². The van der Waals surface area contributed by atoms with Crippen LogP contribution in [0, 0.1) is 0 Å². The first-order valence-electron chi connectivity index (χ1n) is 5.02. The van der Waals surface area contributed by atoms with Gasteiger partial charge in [0, 0.05) is 0 Å². The zero-order chi connectivity index (χ0) is 13.8. The van der Waals surface area contributed by atoms with Gasteiger partial charge in [-0.2, -0.15) is 13.2 Å². The third-order valence-electron chi connectivity index (χ3n) is 2.26. The largest absolute Gasteiger partial charge is 0.416 e. The first-order valence-corrected chi connectivity index (χ1v) is 5.55. The number of rotatable bonds is 4. The Morgan fingerprint density at radius 2 is 2.11 bits per heavy atom. The molecule has 1 unspecified atom stereocenters. The molecular formula is C11H11ClF3NO2. The van der Waals surface area contributed by atoms with Crippen LogP contribution in [0.3, 0.4) is 0 Å². The summed E-state index contributed by atoms with van der Waals surface area (Å²) in [4.78, 5) is 11.1. The van der Waals surface area contributed by atoms with Gasteiger partial charge in [0.05, 0.1) is 18.2 Å². The molecule has 3 nitrogen and oxygen atoms in total. The van der Waals surface area contributed by atoms with E-state index in [0.717, 1.165) is 12.1 Å². The standard InChI is InChI=1S/C11H11ClF3NO2/c12-5-10(18)16-9(6-17)7-2-1-3-8(4-7)11(13,14)15/h1-4,9,17H,5-6H2,(H,16,18). The van der Waals surface area contributed by atoms with Crippen LogP contribution in [0.25, 0.3) is 0 Å². The van der Waals surface area contributed by atoms with E-state index in [1.807, 2.05) is 0 Å². The third-order valence-corrected chi connectivity index (χ3v) is 2.50. The van der Waals surface area contributed by atoms with Gasteiger partial charge >= 0.3 is 6.18 Å². The number of aliphatic hydroxyl groups is 1. The van der Waals surface area contributed by atoms with E-state index >= 15 is 0 Å². The van der Waals surface area contributed by atoms with E-state index in [9.17, 15) is 18.0 Å². The lowest BCUT2D eigenvalue weighted by Gasteiger charge is -2.17. The maximum absolute atomic E-state index is 12.5. The fourth-order valence-electron chi connectivity index (χ4n) is 1.40. The van der Waals surface area contributed by atoms with Crippen molar-refractivity contribution < 1.29 is 23.1 Å². The van der Waals surface area contributed by atoms with Gasteiger partial charge in [-0.05, 0) is 17.7 Å². The Bertz CT molecular complexity index is 423. The van der Waals surface area contributed by atoms with Crippen LogP contribution in [0.5, 0.6) is 0 Å². The number of benzene rings is 1. The molecule has 2 N–H and O–H groups in total. The first-order chi connectivity index (χ1) is 8.38. The third kappa shape index (κ3) is 3.89. The van der Waals surface area contributed by atoms with Crippen molar-refractivity contribution in [1.29, 1.82) is 0 Å². The highest BCUT2D eigenvalue weighted by Crippen LogP contribution is 2.30. The molecule has 1 aromatic rings. The lowest BCUT2D eigenvalue weighted by atomic mass is 10.0. The highest BCUT2D eigenvalue weighted by Gasteiger charge is 2.31. The number of carbonyl (C=O) groups is 1. The maximum atomic E-state index is 12.5. The van der Waals surface area contributed by atoms with E-state index in [-0.39, 0.29) is 11.4 Å². The van der Waals surface area contributed by atoms with Crippen LogP contribution < -0.4 is 5.32 Å². The molecule has 0 radical (unpaired) electrons. The fraction of sp³-hybridized carbons (Fsp3) is 0.364. The van der Waals surface area contributed by atoms with Gasteiger partial charge in [-0.25, -0.2) is 0 Å². The molecule has 0 saturated carbocycles. The normalized spacial score (nSPS) is 13.2. The smallest absolute Gasteiger partial charge is 0.394 e. The van der Waals surface area contributed by atoms with Gasteiger partial charge in [0.15, 0.2) is 0 Å². The monoisotopic (exact) mass is 281 g/mol. The molecule has 0 aromatic heterocycles. The predicted octanol–water partition coefficient (Wildman–Crippen LogP) is 2.09. The van der Waals surface area contributed by atoms with E-state index in [4.69, 9.17) is 16.7 Å². The molecule has 100 valence electrons. The highest BCUT2D eigenvalue weighted by molar-refractivity contribution is 6.27. The molecule has 1 amide bonds. The van der Waals surface area contributed by atoms with Crippen molar-refractivity contribution in [2.75, 3.05) is 12.5 Å². The number of carbonyl (C=O) groups excluding carboxylic acids is 1. The Morgan fingerprint density at radius 1 is 1.44 bits per heavy atom. The van der Waals surface area contributed by atoms with E-state index < -0.39 is 30.3 Å². The number of nitrogens with one attached hydrogen (secondary N) is 1. The molecule has 0 spiro atoms. The Labute approximate surface area is 107 Å². The lowest BCUT2D eigenvalue weighted by Crippen LogP contribution is -2.31. The fourth-order valence-corrected chi connectivity index (χ4v) is 1.48. The Balaban J connectivity index is 2.96. The van der Waals surface area contributed by atoms with Crippen molar-refractivity contribution in [1.82, 2.24) is 5.32 Å². The maximum Gasteiger partial charge on any atom is 0.416 e. The Hall–Kier alpha value is -1.27. The number of hydrogen-bond acceptors (Lipinski definition) is 2. The first kappa shape index (κ1) is 14.8. The molecule has 18 heavy (non-hydrogen) atoms. The summed E-state index contributed by atoms with van der Waals surface area (Å²) in [6.07, 6.45) is -4.47. The van der Waals surface area contributed by atoms with Gasteiger partial charge in [0.25, 0.3) is 0 Å². The predicted molar refractivity (Wildman–Crippen MR) is 60.1 cm³/mol. The zero-order valence-corrected chi connectivity index (χ0v) is 9.92. The second kappa shape index (κ2) is 6.06. The molecule has 0 bridgehead atoms. The van der Waals surface area contributed by atoms with Crippen molar-refractivity contribution in [3.05, 3.63) is 35.4 Å². The van der Waals surface area contributed by atoms with E-state index in [0.29, 0.717) is 0 Å². The summed E-state index contributed by atoms with van der Waals surface area (Å²) in [5.74, 6) is -0.886. The average Bonchev–Trinajstić information content (AvgIpc) is 2.34. The van der Waals surface area contributed by atoms with Crippen LogP contribution in [-0.4, -0.2) is 23.5 Å². The van der Waals surface area contributed by atoms with Crippen molar-refractivity contribution in [2.24, 2.45) is 0 Å². The van der Waals surface area contributed by atoms with Gasteiger partial charge in [0.2, 0.25) is 5.91 Å². The molecule has 1 rings (SSSR count). The molecular weight excluding hydrogens is 271 g/mol. The van der Waals surface area contributed by atoms with Gasteiger partial charge in [0.1, 0.15) is 5.88 Å². The van der Waals surface area contributed by atoms with Crippen molar-refractivity contribution >= 4 is 17.5 Å². The van der Waals surface area contributed by atoms with E-state index in [2.05, 4.69) is 5.32 Å². The van der Waals surface area contributed by atoms with Crippen LogP contribution in [-0.2, 0) is 11.0 Å². The summed E-state index contributed by atoms with van der Waals surface area (Å²) in [5, 5.41) is 11.4. The zero-order valence-electron chi connectivity index (χ0n) is 9.17. The summed E-state index contributed by atoms with van der Waals surface area (Å²) in [6.45, 7) is -0.510. The minimum atomic E-state index is -4.47. The van der Waals surface area contributed by atoms with Gasteiger partial charge in [-0.1, -0.05) is 12.1 Å². The van der Waals surface area contributed by atoms with Crippen molar-refractivity contribution in [3.63, 3.8) is 0 Å². The molecule has 0 aliphatic carbocycles. The molecule has 0 fully saturated rings. The second-order valence-electron chi connectivity index (χ2n) is 3.56. The van der Waals surface area contributed by atoms with Crippen molar-refractivity contribution in [2.45, 2.75) is 12.2 Å². The molecule has 0 heterocycles. The molecule has 1 aromatic carbocycles. The number of aliphatic hydroxyl groups excluding tert-OH is 1. The summed E-state index contributed by atoms with van der Waals surface area (Å²) >= 11 is 5.27. The number of amides is 1. The Kier molecular flexibility index (Phi) is 4.98. The number of halogens is 4. The number of hydrogen-bond donors (Lipinski definition) is 2. The topological polar surface area (TPSA) is 49.3 Å². The Morgan fingerprint density at radius 3 is 2.61 bits per heavy atom. The minimum absolute atomic E-state index is 0.172. The van der Waals surface area contributed by atoms with Gasteiger partial charge in [-0.3, -0.25) is 4.79 Å². The van der Waals surface area contributed by atoms with Crippen LogP contribution >= 0.6 is 11.6 Å². The van der Waals surface area contributed by atoms with Gasteiger partial charge in [-0.15, -0.1) is 11.6 Å². The van der Waals surface area contributed by atoms with Crippen LogP contribution in [0.2, 0.25) is 0 Å².